The highest BCUT2D eigenvalue weighted by atomic mass is 19.1. The Morgan fingerprint density at radius 1 is 1.47 bits per heavy atom. The van der Waals surface area contributed by atoms with Crippen LogP contribution >= 0.6 is 0 Å². The van der Waals surface area contributed by atoms with E-state index in [2.05, 4.69) is 17.1 Å². The molecule has 3 nitrogen and oxygen atoms in total. The van der Waals surface area contributed by atoms with Gasteiger partial charge in [-0.1, -0.05) is 6.92 Å². The molecule has 1 atom stereocenters. The van der Waals surface area contributed by atoms with Crippen LogP contribution in [0, 0.1) is 11.7 Å². The second-order valence-electron chi connectivity index (χ2n) is 5.16. The first kappa shape index (κ1) is 14.1. The van der Waals surface area contributed by atoms with Crippen molar-refractivity contribution in [1.82, 2.24) is 5.32 Å². The molecule has 0 radical (unpaired) electrons. The molecule has 0 bridgehead atoms. The summed E-state index contributed by atoms with van der Waals surface area (Å²) in [5.41, 5.74) is 0.953. The Hall–Kier alpha value is -1.29. The predicted molar refractivity (Wildman–Crippen MR) is 76.4 cm³/mol. The molecular weight excluding hydrogens is 243 g/mol. The molecule has 1 aliphatic heterocycles. The van der Waals surface area contributed by atoms with Gasteiger partial charge in [-0.3, -0.25) is 0 Å². The summed E-state index contributed by atoms with van der Waals surface area (Å²) in [5.74, 6) is 0.634. The Balaban J connectivity index is 2.12. The number of hydrogen-bond acceptors (Lipinski definition) is 3. The van der Waals surface area contributed by atoms with Gasteiger partial charge in [0.1, 0.15) is 0 Å². The lowest BCUT2D eigenvalue weighted by atomic mass is 10.1. The number of rotatable bonds is 3. The quantitative estimate of drug-likeness (QED) is 0.910. The summed E-state index contributed by atoms with van der Waals surface area (Å²) in [6, 6.07) is 5.28. The monoisotopic (exact) mass is 266 g/mol. The number of nitrogens with zero attached hydrogens (tertiary/aromatic N) is 1. The standard InChI is InChI=1S/C15H23FN2O/c1-3-19-15-6-5-13(9-14(15)16)18-8-4-7-17-10-12(2)11-18/h5-6,9,12,17H,3-4,7-8,10-11H2,1-2H3. The molecule has 1 fully saturated rings. The fourth-order valence-electron chi connectivity index (χ4n) is 2.47. The number of ether oxygens (including phenoxy) is 1. The van der Waals surface area contributed by atoms with Crippen molar-refractivity contribution in [1.29, 1.82) is 0 Å². The first-order valence-electron chi connectivity index (χ1n) is 7.08. The van der Waals surface area contributed by atoms with Crippen LogP contribution < -0.4 is 15.0 Å². The van der Waals surface area contributed by atoms with Gasteiger partial charge in [0.15, 0.2) is 11.6 Å². The molecule has 0 spiro atoms. The van der Waals surface area contributed by atoms with E-state index >= 15 is 0 Å². The second kappa shape index (κ2) is 6.75. The predicted octanol–water partition coefficient (Wildman–Crippen LogP) is 2.66. The summed E-state index contributed by atoms with van der Waals surface area (Å²) in [4.78, 5) is 2.27. The third-order valence-electron chi connectivity index (χ3n) is 3.39. The molecule has 0 saturated carbocycles. The van der Waals surface area contributed by atoms with Crippen molar-refractivity contribution in [2.24, 2.45) is 5.92 Å². The summed E-state index contributed by atoms with van der Waals surface area (Å²) in [7, 11) is 0. The van der Waals surface area contributed by atoms with Gasteiger partial charge in [-0.05, 0) is 44.5 Å². The molecule has 0 aliphatic carbocycles. The Bertz CT molecular complexity index is 411. The summed E-state index contributed by atoms with van der Waals surface area (Å²) < 4.78 is 19.1. The van der Waals surface area contributed by atoms with Crippen molar-refractivity contribution >= 4 is 5.69 Å². The summed E-state index contributed by atoms with van der Waals surface area (Å²) >= 11 is 0. The van der Waals surface area contributed by atoms with Crippen molar-refractivity contribution in [2.75, 3.05) is 37.7 Å². The van der Waals surface area contributed by atoms with Crippen molar-refractivity contribution in [3.05, 3.63) is 24.0 Å². The normalized spacial score (nSPS) is 20.8. The maximum absolute atomic E-state index is 13.9. The molecule has 1 unspecified atom stereocenters. The fraction of sp³-hybridized carbons (Fsp3) is 0.600. The largest absolute Gasteiger partial charge is 0.491 e. The van der Waals surface area contributed by atoms with Gasteiger partial charge >= 0.3 is 0 Å². The van der Waals surface area contributed by atoms with E-state index in [-0.39, 0.29) is 5.82 Å². The molecule has 1 N–H and O–H groups in total. The van der Waals surface area contributed by atoms with E-state index in [9.17, 15) is 4.39 Å². The van der Waals surface area contributed by atoms with Crippen molar-refractivity contribution in [3.63, 3.8) is 0 Å². The molecule has 1 aromatic rings. The highest BCUT2D eigenvalue weighted by Gasteiger charge is 2.15. The maximum atomic E-state index is 13.9. The van der Waals surface area contributed by atoms with E-state index in [1.165, 1.54) is 0 Å². The molecule has 0 amide bonds. The minimum atomic E-state index is -0.271. The van der Waals surface area contributed by atoms with Crippen LogP contribution in [0.15, 0.2) is 18.2 Å². The van der Waals surface area contributed by atoms with Crippen LogP contribution in [0.2, 0.25) is 0 Å². The molecule has 1 aliphatic rings. The van der Waals surface area contributed by atoms with Gasteiger partial charge in [0, 0.05) is 24.8 Å². The van der Waals surface area contributed by atoms with E-state index in [0.29, 0.717) is 18.3 Å². The average molecular weight is 266 g/mol. The Kier molecular flexibility index (Phi) is 5.02. The maximum Gasteiger partial charge on any atom is 0.167 e. The van der Waals surface area contributed by atoms with Gasteiger partial charge in [0.05, 0.1) is 6.61 Å². The third-order valence-corrected chi connectivity index (χ3v) is 3.39. The molecule has 2 rings (SSSR count). The molecule has 4 heteroatoms. The number of benzene rings is 1. The van der Waals surface area contributed by atoms with E-state index in [4.69, 9.17) is 4.74 Å². The van der Waals surface area contributed by atoms with Crippen LogP contribution in [0.1, 0.15) is 20.3 Å². The molecule has 1 aromatic carbocycles. The highest BCUT2D eigenvalue weighted by Crippen LogP contribution is 2.25. The van der Waals surface area contributed by atoms with Gasteiger partial charge < -0.3 is 15.0 Å². The van der Waals surface area contributed by atoms with Gasteiger partial charge in [-0.15, -0.1) is 0 Å². The van der Waals surface area contributed by atoms with Crippen molar-refractivity contribution in [2.45, 2.75) is 20.3 Å². The van der Waals surface area contributed by atoms with Crippen LogP contribution in [0.25, 0.3) is 0 Å². The van der Waals surface area contributed by atoms with Gasteiger partial charge in [0.2, 0.25) is 0 Å². The third kappa shape index (κ3) is 3.83. The summed E-state index contributed by atoms with van der Waals surface area (Å²) in [5, 5.41) is 3.43. The van der Waals surface area contributed by atoms with E-state index in [1.54, 1.807) is 12.1 Å². The van der Waals surface area contributed by atoms with Crippen molar-refractivity contribution in [3.8, 4) is 5.75 Å². The fourth-order valence-corrected chi connectivity index (χ4v) is 2.47. The van der Waals surface area contributed by atoms with Crippen LogP contribution in [0.5, 0.6) is 5.75 Å². The topological polar surface area (TPSA) is 24.5 Å². The van der Waals surface area contributed by atoms with E-state index < -0.39 is 0 Å². The average Bonchev–Trinajstić information content (AvgIpc) is 2.36. The molecule has 19 heavy (non-hydrogen) atoms. The summed E-state index contributed by atoms with van der Waals surface area (Å²) in [6.07, 6.45) is 1.08. The van der Waals surface area contributed by atoms with Crippen LogP contribution in [0.4, 0.5) is 10.1 Å². The SMILES string of the molecule is CCOc1ccc(N2CCCNCC(C)C2)cc1F. The second-order valence-corrected chi connectivity index (χ2v) is 5.16. The van der Waals surface area contributed by atoms with E-state index in [1.807, 2.05) is 13.0 Å². The first-order valence-corrected chi connectivity index (χ1v) is 7.08. The molecular formula is C15H23FN2O. The molecule has 1 heterocycles. The lowest BCUT2D eigenvalue weighted by molar-refractivity contribution is 0.321. The Morgan fingerprint density at radius 3 is 3.05 bits per heavy atom. The van der Waals surface area contributed by atoms with Crippen molar-refractivity contribution < 1.29 is 9.13 Å². The van der Waals surface area contributed by atoms with Gasteiger partial charge in [-0.25, -0.2) is 4.39 Å². The first-order chi connectivity index (χ1) is 9.20. The van der Waals surface area contributed by atoms with Crippen LogP contribution in [-0.2, 0) is 0 Å². The lowest BCUT2D eigenvalue weighted by Gasteiger charge is -2.30. The molecule has 0 aromatic heterocycles. The zero-order valence-electron chi connectivity index (χ0n) is 11.8. The molecule has 1 saturated heterocycles. The number of nitrogens with one attached hydrogen (secondary N) is 1. The highest BCUT2D eigenvalue weighted by molar-refractivity contribution is 5.50. The molecule has 106 valence electrons. The van der Waals surface area contributed by atoms with Gasteiger partial charge in [0.25, 0.3) is 0 Å². The zero-order valence-corrected chi connectivity index (χ0v) is 11.8. The minimum absolute atomic E-state index is 0.271. The Morgan fingerprint density at radius 2 is 2.32 bits per heavy atom. The summed E-state index contributed by atoms with van der Waals surface area (Å²) in [6.45, 7) is 8.54. The minimum Gasteiger partial charge on any atom is -0.491 e. The van der Waals surface area contributed by atoms with Crippen LogP contribution in [0.3, 0.4) is 0 Å². The van der Waals surface area contributed by atoms with E-state index in [0.717, 1.165) is 38.3 Å². The smallest absolute Gasteiger partial charge is 0.167 e. The Labute approximate surface area is 114 Å². The van der Waals surface area contributed by atoms with Crippen LogP contribution in [-0.4, -0.2) is 32.8 Å². The number of halogens is 1. The van der Waals surface area contributed by atoms with Gasteiger partial charge in [-0.2, -0.15) is 0 Å². The lowest BCUT2D eigenvalue weighted by Crippen LogP contribution is -2.38. The number of hydrogen-bond donors (Lipinski definition) is 1. The number of anilines is 1. The zero-order chi connectivity index (χ0) is 13.7.